The van der Waals surface area contributed by atoms with Gasteiger partial charge in [0.1, 0.15) is 0 Å². The molecule has 0 aromatic carbocycles. The van der Waals surface area contributed by atoms with Crippen molar-refractivity contribution in [2.24, 2.45) is 0 Å². The monoisotopic (exact) mass is 255 g/mol. The van der Waals surface area contributed by atoms with Gasteiger partial charge in [-0.15, -0.1) is 5.10 Å². The highest BCUT2D eigenvalue weighted by molar-refractivity contribution is 8.00. The van der Waals surface area contributed by atoms with Crippen molar-refractivity contribution in [1.82, 2.24) is 25.5 Å². The summed E-state index contributed by atoms with van der Waals surface area (Å²) in [4.78, 5) is 0. The summed E-state index contributed by atoms with van der Waals surface area (Å²) in [5, 5.41) is 15.4. The van der Waals surface area contributed by atoms with Crippen LogP contribution in [0.1, 0.15) is 39.4 Å². The van der Waals surface area contributed by atoms with E-state index in [9.17, 15) is 0 Å². The molecule has 0 bridgehead atoms. The quantitative estimate of drug-likeness (QED) is 0.863. The van der Waals surface area contributed by atoms with Gasteiger partial charge in [0.2, 0.25) is 0 Å². The van der Waals surface area contributed by atoms with Crippen LogP contribution in [-0.2, 0) is 13.1 Å². The second kappa shape index (κ2) is 4.57. The van der Waals surface area contributed by atoms with Crippen LogP contribution in [0.15, 0.2) is 0 Å². The Bertz CT molecular complexity index is 377. The molecule has 0 unspecified atom stereocenters. The molecule has 1 N–H and O–H groups in total. The summed E-state index contributed by atoms with van der Waals surface area (Å²) in [6, 6.07) is 0. The zero-order valence-corrected chi connectivity index (χ0v) is 11.8. The maximum atomic E-state index is 4.10. The highest BCUT2D eigenvalue weighted by atomic mass is 32.2. The smallest absolute Gasteiger partial charge is 0.165 e. The molecule has 5 nitrogen and oxygen atoms in total. The van der Waals surface area contributed by atoms with Crippen molar-refractivity contribution in [3.8, 4) is 0 Å². The fourth-order valence-corrected chi connectivity index (χ4v) is 2.42. The average molecular weight is 255 g/mol. The van der Waals surface area contributed by atoms with Gasteiger partial charge in [0.05, 0.1) is 13.1 Å². The first-order valence-electron chi connectivity index (χ1n) is 5.99. The van der Waals surface area contributed by atoms with Crippen LogP contribution >= 0.6 is 11.8 Å². The molecule has 1 aliphatic carbocycles. The lowest BCUT2D eigenvalue weighted by Crippen LogP contribution is -2.36. The van der Waals surface area contributed by atoms with Crippen molar-refractivity contribution in [1.29, 1.82) is 0 Å². The van der Waals surface area contributed by atoms with Crippen LogP contribution in [0.25, 0.3) is 0 Å². The number of nitrogens with zero attached hydrogens (tertiary/aromatic N) is 4. The van der Waals surface area contributed by atoms with E-state index in [-0.39, 0.29) is 5.54 Å². The Hall–Kier alpha value is -0.620. The van der Waals surface area contributed by atoms with Crippen LogP contribution in [0.4, 0.5) is 0 Å². The van der Waals surface area contributed by atoms with Gasteiger partial charge in [0.15, 0.2) is 5.82 Å². The van der Waals surface area contributed by atoms with Gasteiger partial charge in [-0.3, -0.25) is 0 Å². The van der Waals surface area contributed by atoms with Gasteiger partial charge in [-0.1, -0.05) is 0 Å². The van der Waals surface area contributed by atoms with E-state index in [1.54, 1.807) is 0 Å². The maximum Gasteiger partial charge on any atom is 0.165 e. The van der Waals surface area contributed by atoms with E-state index in [2.05, 4.69) is 47.9 Å². The first-order valence-corrected chi connectivity index (χ1v) is 7.22. The molecular weight excluding hydrogens is 234 g/mol. The van der Waals surface area contributed by atoms with Gasteiger partial charge < -0.3 is 5.32 Å². The molecular formula is C11H21N5S. The molecule has 1 aromatic rings. The Labute approximate surface area is 107 Å². The Morgan fingerprint density at radius 3 is 2.65 bits per heavy atom. The minimum absolute atomic E-state index is 0.0908. The maximum absolute atomic E-state index is 4.10. The number of thioether (sulfide) groups is 1. The summed E-state index contributed by atoms with van der Waals surface area (Å²) in [6.45, 7) is 8.09. The second-order valence-electron chi connectivity index (χ2n) is 5.74. The summed E-state index contributed by atoms with van der Waals surface area (Å²) in [6.07, 6.45) is 4.73. The van der Waals surface area contributed by atoms with Crippen LogP contribution in [0.3, 0.4) is 0 Å². The molecule has 17 heavy (non-hydrogen) atoms. The van der Waals surface area contributed by atoms with Crippen molar-refractivity contribution in [3.05, 3.63) is 5.82 Å². The minimum atomic E-state index is 0.0908. The fraction of sp³-hybridized carbons (Fsp3) is 0.909. The Kier molecular flexibility index (Phi) is 3.45. The van der Waals surface area contributed by atoms with Crippen molar-refractivity contribution in [2.45, 2.75) is 57.0 Å². The van der Waals surface area contributed by atoms with E-state index in [0.717, 1.165) is 18.9 Å². The third-order valence-electron chi connectivity index (χ3n) is 3.06. The Balaban J connectivity index is 1.97. The normalized spacial score (nSPS) is 18.4. The zero-order valence-electron chi connectivity index (χ0n) is 11.0. The van der Waals surface area contributed by atoms with E-state index >= 15 is 0 Å². The van der Waals surface area contributed by atoms with Gasteiger partial charge in [-0.25, -0.2) is 4.68 Å². The van der Waals surface area contributed by atoms with E-state index in [0.29, 0.717) is 4.75 Å². The van der Waals surface area contributed by atoms with Gasteiger partial charge in [0.25, 0.3) is 0 Å². The largest absolute Gasteiger partial charge is 0.305 e. The molecule has 1 fully saturated rings. The lowest BCUT2D eigenvalue weighted by molar-refractivity contribution is 0.406. The molecule has 2 rings (SSSR count). The number of tetrazole rings is 1. The molecule has 0 radical (unpaired) electrons. The van der Waals surface area contributed by atoms with Crippen LogP contribution < -0.4 is 5.32 Å². The third kappa shape index (κ3) is 3.42. The minimum Gasteiger partial charge on any atom is -0.305 e. The predicted octanol–water partition coefficient (Wildman–Crippen LogP) is 1.46. The highest BCUT2D eigenvalue weighted by Crippen LogP contribution is 2.48. The molecule has 0 spiro atoms. The highest BCUT2D eigenvalue weighted by Gasteiger charge is 2.43. The Morgan fingerprint density at radius 1 is 1.41 bits per heavy atom. The molecule has 1 aliphatic rings. The second-order valence-corrected chi connectivity index (χ2v) is 7.02. The standard InChI is InChI=1S/C11H21N5S/c1-10(2,3)12-7-9-13-14-15-16(9)8-11(17-4)5-6-11/h12H,5-8H2,1-4H3. The molecule has 1 saturated carbocycles. The van der Waals surface area contributed by atoms with Gasteiger partial charge in [0, 0.05) is 10.3 Å². The van der Waals surface area contributed by atoms with Crippen LogP contribution in [0.5, 0.6) is 0 Å². The predicted molar refractivity (Wildman–Crippen MR) is 69.9 cm³/mol. The van der Waals surface area contributed by atoms with Crippen LogP contribution in [0, 0.1) is 0 Å². The van der Waals surface area contributed by atoms with E-state index < -0.39 is 0 Å². The third-order valence-corrected chi connectivity index (χ3v) is 4.46. The zero-order chi connectivity index (χ0) is 12.5. The van der Waals surface area contributed by atoms with Crippen molar-refractivity contribution in [2.75, 3.05) is 6.26 Å². The van der Waals surface area contributed by atoms with Crippen molar-refractivity contribution in [3.63, 3.8) is 0 Å². The van der Waals surface area contributed by atoms with Crippen molar-refractivity contribution >= 4 is 11.8 Å². The van der Waals surface area contributed by atoms with Gasteiger partial charge in [-0.2, -0.15) is 11.8 Å². The molecule has 1 heterocycles. The molecule has 0 saturated heterocycles. The molecule has 0 atom stereocenters. The lowest BCUT2D eigenvalue weighted by atomic mass is 10.1. The van der Waals surface area contributed by atoms with Gasteiger partial charge >= 0.3 is 0 Å². The van der Waals surface area contributed by atoms with Gasteiger partial charge in [-0.05, 0) is 50.3 Å². The summed E-state index contributed by atoms with van der Waals surface area (Å²) in [5.41, 5.74) is 0.0908. The number of hydrogen-bond donors (Lipinski definition) is 1. The lowest BCUT2D eigenvalue weighted by Gasteiger charge is -2.20. The van der Waals surface area contributed by atoms with E-state index in [1.165, 1.54) is 12.8 Å². The summed E-state index contributed by atoms with van der Waals surface area (Å²) in [7, 11) is 0. The van der Waals surface area contributed by atoms with E-state index in [4.69, 9.17) is 0 Å². The average Bonchev–Trinajstić information content (AvgIpc) is 2.87. The molecule has 0 aliphatic heterocycles. The number of hydrogen-bond acceptors (Lipinski definition) is 5. The number of rotatable bonds is 5. The van der Waals surface area contributed by atoms with Crippen LogP contribution in [-0.4, -0.2) is 36.7 Å². The first kappa shape index (κ1) is 12.8. The molecule has 1 aromatic heterocycles. The molecule has 6 heteroatoms. The number of nitrogens with one attached hydrogen (secondary N) is 1. The number of aromatic nitrogens is 4. The fourth-order valence-electron chi connectivity index (χ4n) is 1.66. The topological polar surface area (TPSA) is 55.6 Å². The molecule has 0 amide bonds. The SMILES string of the molecule is CSC1(Cn2nnnc2CNC(C)(C)C)CC1. The summed E-state index contributed by atoms with van der Waals surface area (Å²) in [5.74, 6) is 0.931. The van der Waals surface area contributed by atoms with Crippen LogP contribution in [0.2, 0.25) is 0 Å². The summed E-state index contributed by atoms with van der Waals surface area (Å²) < 4.78 is 2.34. The Morgan fingerprint density at radius 2 is 2.12 bits per heavy atom. The summed E-state index contributed by atoms with van der Waals surface area (Å²) >= 11 is 1.93. The molecule has 96 valence electrons. The van der Waals surface area contributed by atoms with E-state index in [1.807, 2.05) is 16.4 Å². The van der Waals surface area contributed by atoms with Crippen molar-refractivity contribution < 1.29 is 0 Å². The first-order chi connectivity index (χ1) is 7.94.